The SMILES string of the molecule is COC(=O)CCN1CCN(CCOCCOCCOCCOCCOCCOCCOCCOCCCCNc2ccc(Cl)cc2[N+](=O)[O-])CC1. The molecule has 0 aromatic heterocycles. The third kappa shape index (κ3) is 24.6. The first-order valence-corrected chi connectivity index (χ1v) is 18.2. The second-order valence-electron chi connectivity index (χ2n) is 11.5. The minimum Gasteiger partial charge on any atom is -0.469 e. The molecular weight excluding hydrogens is 692 g/mol. The zero-order valence-corrected chi connectivity index (χ0v) is 31.0. The Labute approximate surface area is 307 Å². The van der Waals surface area contributed by atoms with Crippen molar-refractivity contribution in [3.63, 3.8) is 0 Å². The summed E-state index contributed by atoms with van der Waals surface area (Å²) >= 11 is 5.83. The topological polar surface area (TPSA) is 162 Å². The molecule has 1 fully saturated rings. The summed E-state index contributed by atoms with van der Waals surface area (Å²) < 4.78 is 49.0. The third-order valence-electron chi connectivity index (χ3n) is 7.67. The number of anilines is 1. The third-order valence-corrected chi connectivity index (χ3v) is 7.90. The van der Waals surface area contributed by atoms with Crippen molar-refractivity contribution in [1.29, 1.82) is 0 Å². The molecule has 17 heteroatoms. The van der Waals surface area contributed by atoms with Gasteiger partial charge in [0.15, 0.2) is 0 Å². The highest BCUT2D eigenvalue weighted by Crippen LogP contribution is 2.27. The Hall–Kier alpha value is -2.22. The standard InChI is InChI=1S/C34H59ClN4O12/c1-43-34(40)6-8-37-9-11-38(12-10-37)13-15-45-17-19-47-21-23-49-25-27-51-29-28-50-26-24-48-22-20-46-18-16-44-14-3-2-7-36-32-5-4-31(35)30-33(32)39(41)42/h4-5,30,36H,2-3,6-29H2,1H3. The Morgan fingerprint density at radius 1 is 0.686 bits per heavy atom. The number of halogens is 1. The molecule has 1 aromatic carbocycles. The highest BCUT2D eigenvalue weighted by molar-refractivity contribution is 6.30. The maximum atomic E-state index is 11.3. The lowest BCUT2D eigenvalue weighted by Gasteiger charge is -2.34. The number of carbonyl (C=O) groups excluding carboxylic acids is 1. The quantitative estimate of drug-likeness (QED) is 0.0474. The Balaban J connectivity index is 1.19. The number of hydrogen-bond acceptors (Lipinski definition) is 15. The number of unbranched alkanes of at least 4 members (excludes halogenated alkanes) is 1. The molecule has 0 bridgehead atoms. The van der Waals surface area contributed by atoms with E-state index >= 15 is 0 Å². The van der Waals surface area contributed by atoms with Gasteiger partial charge < -0.3 is 52.8 Å². The summed E-state index contributed by atoms with van der Waals surface area (Å²) in [7, 11) is 1.43. The van der Waals surface area contributed by atoms with Gasteiger partial charge in [-0.3, -0.25) is 19.8 Å². The molecule has 2 rings (SSSR count). The number of methoxy groups -OCH3 is 1. The van der Waals surface area contributed by atoms with E-state index in [9.17, 15) is 14.9 Å². The number of esters is 1. The molecule has 0 aliphatic carbocycles. The van der Waals surface area contributed by atoms with Crippen molar-refractivity contribution in [2.24, 2.45) is 0 Å². The molecule has 0 radical (unpaired) electrons. The summed E-state index contributed by atoms with van der Waals surface area (Å²) in [4.78, 5) is 26.6. The number of nitro benzene ring substituents is 1. The van der Waals surface area contributed by atoms with Crippen LogP contribution < -0.4 is 5.32 Å². The van der Waals surface area contributed by atoms with Gasteiger partial charge in [0.25, 0.3) is 5.69 Å². The summed E-state index contributed by atoms with van der Waals surface area (Å²) in [5.41, 5.74) is 0.429. The predicted molar refractivity (Wildman–Crippen MR) is 192 cm³/mol. The van der Waals surface area contributed by atoms with Crippen molar-refractivity contribution in [2.75, 3.05) is 164 Å². The second kappa shape index (κ2) is 31.3. The van der Waals surface area contributed by atoms with Crippen LogP contribution in [0.15, 0.2) is 18.2 Å². The molecule has 1 aromatic rings. The molecule has 1 aliphatic heterocycles. The van der Waals surface area contributed by atoms with Crippen LogP contribution in [-0.2, 0) is 47.4 Å². The van der Waals surface area contributed by atoms with Crippen LogP contribution in [0.25, 0.3) is 0 Å². The first-order valence-electron chi connectivity index (χ1n) is 17.8. The fourth-order valence-corrected chi connectivity index (χ4v) is 4.95. The van der Waals surface area contributed by atoms with Crippen molar-refractivity contribution in [2.45, 2.75) is 19.3 Å². The summed E-state index contributed by atoms with van der Waals surface area (Å²) in [5.74, 6) is -0.156. The van der Waals surface area contributed by atoms with Gasteiger partial charge in [-0.15, -0.1) is 0 Å². The van der Waals surface area contributed by atoms with Gasteiger partial charge in [-0.25, -0.2) is 0 Å². The molecule has 51 heavy (non-hydrogen) atoms. The minimum absolute atomic E-state index is 0.0301. The monoisotopic (exact) mass is 750 g/mol. The molecular formula is C34H59ClN4O12. The van der Waals surface area contributed by atoms with Gasteiger partial charge in [0.05, 0.1) is 118 Å². The number of nitro groups is 1. The number of rotatable bonds is 34. The summed E-state index contributed by atoms with van der Waals surface area (Å²) in [6, 6.07) is 4.58. The molecule has 1 saturated heterocycles. The van der Waals surface area contributed by atoms with Gasteiger partial charge in [0.1, 0.15) is 5.69 Å². The molecule has 1 N–H and O–H groups in total. The van der Waals surface area contributed by atoms with Gasteiger partial charge in [-0.1, -0.05) is 11.6 Å². The molecule has 294 valence electrons. The Morgan fingerprint density at radius 2 is 1.12 bits per heavy atom. The van der Waals surface area contributed by atoms with Crippen LogP contribution in [-0.4, -0.2) is 179 Å². The van der Waals surface area contributed by atoms with Crippen LogP contribution in [0.3, 0.4) is 0 Å². The highest BCUT2D eigenvalue weighted by atomic mass is 35.5. The predicted octanol–water partition coefficient (Wildman–Crippen LogP) is 2.75. The number of benzene rings is 1. The summed E-state index contributed by atoms with van der Waals surface area (Å²) in [5, 5.41) is 14.5. The molecule has 16 nitrogen and oxygen atoms in total. The lowest BCUT2D eigenvalue weighted by molar-refractivity contribution is -0.383. The summed E-state index contributed by atoms with van der Waals surface area (Å²) in [6.45, 7) is 14.4. The average molecular weight is 751 g/mol. The van der Waals surface area contributed by atoms with Crippen LogP contribution >= 0.6 is 11.6 Å². The number of nitrogens with one attached hydrogen (secondary N) is 1. The Bertz CT molecular complexity index is 1020. The fraction of sp³-hybridized carbons (Fsp3) is 0.794. The van der Waals surface area contributed by atoms with Crippen molar-refractivity contribution in [1.82, 2.24) is 9.80 Å². The fourth-order valence-electron chi connectivity index (χ4n) is 4.78. The number of hydrogen-bond donors (Lipinski definition) is 1. The molecule has 0 atom stereocenters. The molecule has 0 spiro atoms. The Morgan fingerprint density at radius 3 is 1.57 bits per heavy atom. The van der Waals surface area contributed by atoms with Crippen molar-refractivity contribution < 1.29 is 52.3 Å². The van der Waals surface area contributed by atoms with E-state index in [-0.39, 0.29) is 11.7 Å². The van der Waals surface area contributed by atoms with Crippen LogP contribution in [0, 0.1) is 10.1 Å². The molecule has 0 amide bonds. The minimum atomic E-state index is -0.447. The maximum Gasteiger partial charge on any atom is 0.306 e. The van der Waals surface area contributed by atoms with Crippen molar-refractivity contribution in [3.05, 3.63) is 33.3 Å². The normalized spacial score (nSPS) is 13.8. The lowest BCUT2D eigenvalue weighted by Crippen LogP contribution is -2.47. The first kappa shape index (κ1) is 44.9. The van der Waals surface area contributed by atoms with E-state index in [4.69, 9.17) is 54.2 Å². The van der Waals surface area contributed by atoms with Crippen LogP contribution in [0.4, 0.5) is 11.4 Å². The maximum absolute atomic E-state index is 11.3. The number of ether oxygens (including phenoxy) is 9. The van der Waals surface area contributed by atoms with E-state index < -0.39 is 4.92 Å². The van der Waals surface area contributed by atoms with E-state index in [0.29, 0.717) is 129 Å². The molecule has 0 saturated carbocycles. The van der Waals surface area contributed by atoms with E-state index in [1.54, 1.807) is 12.1 Å². The number of piperazine rings is 1. The van der Waals surface area contributed by atoms with E-state index in [0.717, 1.165) is 52.1 Å². The smallest absolute Gasteiger partial charge is 0.306 e. The van der Waals surface area contributed by atoms with Crippen LogP contribution in [0.1, 0.15) is 19.3 Å². The Kier molecular flexibility index (Phi) is 27.6. The van der Waals surface area contributed by atoms with Gasteiger partial charge in [0.2, 0.25) is 0 Å². The second-order valence-corrected chi connectivity index (χ2v) is 11.9. The first-order chi connectivity index (χ1) is 25.0. The van der Waals surface area contributed by atoms with Gasteiger partial charge in [0, 0.05) is 63.5 Å². The van der Waals surface area contributed by atoms with Gasteiger partial charge in [-0.05, 0) is 25.0 Å². The summed E-state index contributed by atoms with van der Waals surface area (Å²) in [6.07, 6.45) is 2.09. The van der Waals surface area contributed by atoms with Crippen LogP contribution in [0.2, 0.25) is 5.02 Å². The van der Waals surface area contributed by atoms with E-state index in [1.165, 1.54) is 13.2 Å². The zero-order valence-electron chi connectivity index (χ0n) is 30.2. The molecule has 0 unspecified atom stereocenters. The van der Waals surface area contributed by atoms with Crippen LogP contribution in [0.5, 0.6) is 0 Å². The highest BCUT2D eigenvalue weighted by Gasteiger charge is 2.17. The van der Waals surface area contributed by atoms with E-state index in [2.05, 4.69) is 15.1 Å². The van der Waals surface area contributed by atoms with E-state index in [1.807, 2.05) is 0 Å². The molecule has 1 aliphatic rings. The number of nitrogens with zero attached hydrogens (tertiary/aromatic N) is 3. The van der Waals surface area contributed by atoms with Gasteiger partial charge >= 0.3 is 5.97 Å². The molecule has 1 heterocycles. The van der Waals surface area contributed by atoms with Gasteiger partial charge in [-0.2, -0.15) is 0 Å². The van der Waals surface area contributed by atoms with Crippen molar-refractivity contribution in [3.8, 4) is 0 Å². The van der Waals surface area contributed by atoms with Crippen molar-refractivity contribution >= 4 is 28.9 Å². The zero-order chi connectivity index (χ0) is 36.6. The number of carbonyl (C=O) groups is 1. The largest absolute Gasteiger partial charge is 0.469 e. The average Bonchev–Trinajstić information content (AvgIpc) is 3.14. The lowest BCUT2D eigenvalue weighted by atomic mass is 10.2.